The molecule has 0 aromatic rings. The van der Waals surface area contributed by atoms with Crippen molar-refractivity contribution in [2.75, 3.05) is 19.6 Å². The zero-order chi connectivity index (χ0) is 12.7. The minimum Gasteiger partial charge on any atom is -0.342 e. The van der Waals surface area contributed by atoms with E-state index in [2.05, 4.69) is 31.0 Å². The van der Waals surface area contributed by atoms with Crippen LogP contribution in [0.15, 0.2) is 0 Å². The highest BCUT2D eigenvalue weighted by molar-refractivity contribution is 5.78. The van der Waals surface area contributed by atoms with Gasteiger partial charge >= 0.3 is 0 Å². The fraction of sp³-hybridized carbons (Fsp3) is 0.929. The zero-order valence-corrected chi connectivity index (χ0v) is 11.7. The van der Waals surface area contributed by atoms with Crippen molar-refractivity contribution in [3.63, 3.8) is 0 Å². The van der Waals surface area contributed by atoms with Crippen molar-refractivity contribution in [1.82, 2.24) is 10.2 Å². The molecule has 1 fully saturated rings. The largest absolute Gasteiger partial charge is 0.342 e. The van der Waals surface area contributed by atoms with Gasteiger partial charge in [-0.1, -0.05) is 20.8 Å². The average molecular weight is 240 g/mol. The molecule has 0 spiro atoms. The van der Waals surface area contributed by atoms with Crippen LogP contribution in [-0.2, 0) is 4.79 Å². The monoisotopic (exact) mass is 240 g/mol. The molecular formula is C14H28N2O. The van der Waals surface area contributed by atoms with E-state index in [-0.39, 0.29) is 5.92 Å². The van der Waals surface area contributed by atoms with Gasteiger partial charge in [-0.25, -0.2) is 0 Å². The topological polar surface area (TPSA) is 32.3 Å². The molecule has 3 heteroatoms. The Morgan fingerprint density at radius 3 is 2.29 bits per heavy atom. The van der Waals surface area contributed by atoms with Crippen molar-refractivity contribution >= 4 is 5.91 Å². The smallest absolute Gasteiger partial charge is 0.225 e. The van der Waals surface area contributed by atoms with Gasteiger partial charge in [0.2, 0.25) is 5.91 Å². The number of carbonyl (C=O) groups excluding carboxylic acids is 1. The van der Waals surface area contributed by atoms with Crippen molar-refractivity contribution in [3.8, 4) is 0 Å². The van der Waals surface area contributed by atoms with Crippen LogP contribution in [0.5, 0.6) is 0 Å². The predicted octanol–water partition coefficient (Wildman–Crippen LogP) is 2.41. The quantitative estimate of drug-likeness (QED) is 0.773. The lowest BCUT2D eigenvalue weighted by molar-refractivity contribution is -0.136. The number of rotatable bonds is 6. The zero-order valence-electron chi connectivity index (χ0n) is 11.7. The summed E-state index contributed by atoms with van der Waals surface area (Å²) in [6, 6.07) is 0.626. The first kappa shape index (κ1) is 14.5. The molecule has 0 aliphatic carbocycles. The number of amides is 1. The highest BCUT2D eigenvalue weighted by Gasteiger charge is 2.25. The van der Waals surface area contributed by atoms with Gasteiger partial charge in [-0.2, -0.15) is 0 Å². The molecule has 1 aliphatic heterocycles. The number of nitrogens with zero attached hydrogens (tertiary/aromatic N) is 1. The van der Waals surface area contributed by atoms with E-state index in [1.54, 1.807) is 0 Å². The molecule has 0 bridgehead atoms. The maximum atomic E-state index is 12.2. The second-order valence-corrected chi connectivity index (χ2v) is 5.07. The lowest BCUT2D eigenvalue weighted by Crippen LogP contribution is -2.46. The summed E-state index contributed by atoms with van der Waals surface area (Å²) in [5.41, 5.74) is 0. The van der Waals surface area contributed by atoms with Gasteiger partial charge in [0.25, 0.3) is 0 Å². The van der Waals surface area contributed by atoms with Crippen LogP contribution < -0.4 is 5.32 Å². The van der Waals surface area contributed by atoms with E-state index in [9.17, 15) is 4.79 Å². The number of hydrogen-bond donors (Lipinski definition) is 1. The number of hydrogen-bond acceptors (Lipinski definition) is 2. The lowest BCUT2D eigenvalue weighted by Gasteiger charge is -2.34. The second kappa shape index (κ2) is 7.70. The number of nitrogens with one attached hydrogen (secondary N) is 1. The number of carbonyl (C=O) groups is 1. The van der Waals surface area contributed by atoms with E-state index in [1.165, 1.54) is 6.42 Å². The SMILES string of the molecule is CCCNC1CCN(C(=O)C(CC)CC)CC1. The molecule has 0 saturated carbocycles. The van der Waals surface area contributed by atoms with Crippen LogP contribution in [-0.4, -0.2) is 36.5 Å². The Hall–Kier alpha value is -0.570. The molecule has 1 saturated heterocycles. The molecule has 0 aromatic heterocycles. The second-order valence-electron chi connectivity index (χ2n) is 5.07. The van der Waals surface area contributed by atoms with E-state index in [4.69, 9.17) is 0 Å². The summed E-state index contributed by atoms with van der Waals surface area (Å²) in [6.45, 7) is 9.40. The van der Waals surface area contributed by atoms with E-state index in [1.807, 2.05) is 0 Å². The summed E-state index contributed by atoms with van der Waals surface area (Å²) in [5, 5.41) is 3.55. The predicted molar refractivity (Wildman–Crippen MR) is 72.0 cm³/mol. The Morgan fingerprint density at radius 1 is 1.24 bits per heavy atom. The fourth-order valence-corrected chi connectivity index (χ4v) is 2.55. The third kappa shape index (κ3) is 4.30. The van der Waals surface area contributed by atoms with Crippen LogP contribution in [0.25, 0.3) is 0 Å². The van der Waals surface area contributed by atoms with Crippen molar-refractivity contribution < 1.29 is 4.79 Å². The third-order valence-electron chi connectivity index (χ3n) is 3.82. The molecule has 0 aromatic carbocycles. The van der Waals surface area contributed by atoms with E-state index in [0.717, 1.165) is 45.3 Å². The van der Waals surface area contributed by atoms with Crippen molar-refractivity contribution in [3.05, 3.63) is 0 Å². The van der Waals surface area contributed by atoms with Gasteiger partial charge in [0.15, 0.2) is 0 Å². The summed E-state index contributed by atoms with van der Waals surface area (Å²) >= 11 is 0. The fourth-order valence-electron chi connectivity index (χ4n) is 2.55. The minimum absolute atomic E-state index is 0.246. The van der Waals surface area contributed by atoms with Crippen LogP contribution >= 0.6 is 0 Å². The molecule has 1 rings (SSSR count). The standard InChI is InChI=1S/C14H28N2O/c1-4-9-15-13-7-10-16(11-8-13)14(17)12(5-2)6-3/h12-13,15H,4-11H2,1-3H3. The first-order valence-corrected chi connectivity index (χ1v) is 7.25. The van der Waals surface area contributed by atoms with E-state index < -0.39 is 0 Å². The average Bonchev–Trinajstić information content (AvgIpc) is 2.38. The molecule has 0 radical (unpaired) electrons. The van der Waals surface area contributed by atoms with Gasteiger partial charge in [0, 0.05) is 25.0 Å². The van der Waals surface area contributed by atoms with Gasteiger partial charge in [0.05, 0.1) is 0 Å². The van der Waals surface area contributed by atoms with Crippen molar-refractivity contribution in [2.45, 2.75) is 58.9 Å². The molecule has 1 N–H and O–H groups in total. The summed E-state index contributed by atoms with van der Waals surface area (Å²) in [6.07, 6.45) is 5.37. The Bertz CT molecular complexity index is 218. The van der Waals surface area contributed by atoms with Crippen LogP contribution in [0.3, 0.4) is 0 Å². The molecular weight excluding hydrogens is 212 g/mol. The van der Waals surface area contributed by atoms with Crippen LogP contribution in [0.4, 0.5) is 0 Å². The summed E-state index contributed by atoms with van der Waals surface area (Å²) in [7, 11) is 0. The number of likely N-dealkylation sites (tertiary alicyclic amines) is 1. The molecule has 0 unspecified atom stereocenters. The summed E-state index contributed by atoms with van der Waals surface area (Å²) < 4.78 is 0. The first-order chi connectivity index (χ1) is 8.22. The first-order valence-electron chi connectivity index (χ1n) is 7.25. The molecule has 0 atom stereocenters. The molecule has 1 heterocycles. The summed E-state index contributed by atoms with van der Waals surface area (Å²) in [5.74, 6) is 0.624. The Morgan fingerprint density at radius 2 is 1.82 bits per heavy atom. The van der Waals surface area contributed by atoms with Crippen molar-refractivity contribution in [2.24, 2.45) is 5.92 Å². The maximum absolute atomic E-state index is 12.2. The number of piperidine rings is 1. The maximum Gasteiger partial charge on any atom is 0.225 e. The highest BCUT2D eigenvalue weighted by Crippen LogP contribution is 2.17. The van der Waals surface area contributed by atoms with Crippen LogP contribution in [0.2, 0.25) is 0 Å². The lowest BCUT2D eigenvalue weighted by atomic mass is 9.98. The Balaban J connectivity index is 2.33. The molecule has 17 heavy (non-hydrogen) atoms. The molecule has 1 amide bonds. The molecule has 3 nitrogen and oxygen atoms in total. The van der Waals surface area contributed by atoms with Gasteiger partial charge < -0.3 is 10.2 Å². The summed E-state index contributed by atoms with van der Waals surface area (Å²) in [4.78, 5) is 14.3. The third-order valence-corrected chi connectivity index (χ3v) is 3.82. The minimum atomic E-state index is 0.246. The van der Waals surface area contributed by atoms with Gasteiger partial charge in [-0.05, 0) is 38.6 Å². The van der Waals surface area contributed by atoms with E-state index in [0.29, 0.717) is 11.9 Å². The van der Waals surface area contributed by atoms with Gasteiger partial charge in [-0.3, -0.25) is 4.79 Å². The highest BCUT2D eigenvalue weighted by atomic mass is 16.2. The van der Waals surface area contributed by atoms with Crippen LogP contribution in [0, 0.1) is 5.92 Å². The van der Waals surface area contributed by atoms with E-state index >= 15 is 0 Å². The molecule has 100 valence electrons. The van der Waals surface area contributed by atoms with Gasteiger partial charge in [0.1, 0.15) is 0 Å². The molecule has 1 aliphatic rings. The normalized spacial score (nSPS) is 17.8. The van der Waals surface area contributed by atoms with Crippen molar-refractivity contribution in [1.29, 1.82) is 0 Å². The Kier molecular flexibility index (Phi) is 6.56. The van der Waals surface area contributed by atoms with Crippen LogP contribution in [0.1, 0.15) is 52.9 Å². The van der Waals surface area contributed by atoms with Gasteiger partial charge in [-0.15, -0.1) is 0 Å². The Labute approximate surface area is 106 Å².